The van der Waals surface area contributed by atoms with Gasteiger partial charge in [0.1, 0.15) is 11.5 Å². The number of ether oxygens (including phenoxy) is 1. The van der Waals surface area contributed by atoms with Gasteiger partial charge in [0.2, 0.25) is 0 Å². The van der Waals surface area contributed by atoms with E-state index < -0.39 is 0 Å². The Kier molecular flexibility index (Phi) is 5.19. The van der Waals surface area contributed by atoms with Gasteiger partial charge in [0.15, 0.2) is 0 Å². The lowest BCUT2D eigenvalue weighted by Gasteiger charge is -2.09. The molecule has 2 rings (SSSR count). The maximum atomic E-state index is 5.90. The molecule has 0 atom stereocenters. The summed E-state index contributed by atoms with van der Waals surface area (Å²) in [6.07, 6.45) is 3.52. The Morgan fingerprint density at radius 3 is 2.89 bits per heavy atom. The predicted octanol–water partition coefficient (Wildman–Crippen LogP) is 4.40. The van der Waals surface area contributed by atoms with Crippen molar-refractivity contribution in [2.24, 2.45) is 0 Å². The summed E-state index contributed by atoms with van der Waals surface area (Å²) in [4.78, 5) is 4.17. The summed E-state index contributed by atoms with van der Waals surface area (Å²) < 4.78 is 6.61. The standard InChI is InChI=1S/C14H14BrClN2O/c1-2-17-7-10-5-12(9-18-8-10)19-14-4-3-11(16)6-13(14)15/h3-6,8-9,17H,2,7H2,1H3. The zero-order valence-electron chi connectivity index (χ0n) is 10.5. The van der Waals surface area contributed by atoms with E-state index in [9.17, 15) is 0 Å². The molecule has 1 heterocycles. The SMILES string of the molecule is CCNCc1cncc(Oc2ccc(Cl)cc2Br)c1. The molecular formula is C14H14BrClN2O. The molecule has 0 radical (unpaired) electrons. The number of pyridine rings is 1. The van der Waals surface area contributed by atoms with Crippen LogP contribution in [0.3, 0.4) is 0 Å². The van der Waals surface area contributed by atoms with Crippen molar-refractivity contribution < 1.29 is 4.74 Å². The number of halogens is 2. The van der Waals surface area contributed by atoms with Gasteiger partial charge in [-0.1, -0.05) is 18.5 Å². The van der Waals surface area contributed by atoms with E-state index in [1.807, 2.05) is 18.3 Å². The van der Waals surface area contributed by atoms with Crippen LogP contribution in [-0.4, -0.2) is 11.5 Å². The number of rotatable bonds is 5. The van der Waals surface area contributed by atoms with Crippen molar-refractivity contribution in [1.82, 2.24) is 10.3 Å². The largest absolute Gasteiger partial charge is 0.455 e. The molecule has 1 N–H and O–H groups in total. The Morgan fingerprint density at radius 1 is 1.32 bits per heavy atom. The first-order valence-corrected chi connectivity index (χ1v) is 7.13. The normalized spacial score (nSPS) is 10.5. The molecule has 0 spiro atoms. The van der Waals surface area contributed by atoms with Gasteiger partial charge >= 0.3 is 0 Å². The second kappa shape index (κ2) is 6.89. The van der Waals surface area contributed by atoms with E-state index in [2.05, 4.69) is 33.2 Å². The van der Waals surface area contributed by atoms with Crippen LogP contribution < -0.4 is 10.1 Å². The van der Waals surface area contributed by atoms with Gasteiger partial charge in [-0.2, -0.15) is 0 Å². The lowest BCUT2D eigenvalue weighted by molar-refractivity contribution is 0.476. The Bertz CT molecular complexity index is 563. The van der Waals surface area contributed by atoms with E-state index in [0.717, 1.165) is 23.1 Å². The van der Waals surface area contributed by atoms with Gasteiger partial charge in [-0.25, -0.2) is 0 Å². The zero-order valence-corrected chi connectivity index (χ0v) is 12.8. The molecule has 1 aromatic heterocycles. The summed E-state index contributed by atoms with van der Waals surface area (Å²) in [5, 5.41) is 3.92. The van der Waals surface area contributed by atoms with Crippen LogP contribution in [0.2, 0.25) is 5.02 Å². The lowest BCUT2D eigenvalue weighted by Crippen LogP contribution is -2.11. The highest BCUT2D eigenvalue weighted by atomic mass is 79.9. The zero-order chi connectivity index (χ0) is 13.7. The molecule has 0 aliphatic carbocycles. The van der Waals surface area contributed by atoms with Crippen LogP contribution in [-0.2, 0) is 6.54 Å². The molecule has 0 aliphatic rings. The fourth-order valence-electron chi connectivity index (χ4n) is 1.57. The molecule has 0 aliphatic heterocycles. The Balaban J connectivity index is 2.14. The summed E-state index contributed by atoms with van der Waals surface area (Å²) in [5.41, 5.74) is 1.09. The number of aromatic nitrogens is 1. The molecular weight excluding hydrogens is 328 g/mol. The topological polar surface area (TPSA) is 34.2 Å². The number of nitrogens with zero attached hydrogens (tertiary/aromatic N) is 1. The maximum absolute atomic E-state index is 5.90. The third-order valence-corrected chi connectivity index (χ3v) is 3.33. The van der Waals surface area contributed by atoms with Crippen LogP contribution in [0, 0.1) is 0 Å². The second-order valence-corrected chi connectivity index (χ2v) is 5.28. The molecule has 0 saturated heterocycles. The average molecular weight is 342 g/mol. The van der Waals surface area contributed by atoms with E-state index >= 15 is 0 Å². The van der Waals surface area contributed by atoms with Crippen LogP contribution in [0.15, 0.2) is 41.1 Å². The van der Waals surface area contributed by atoms with Gasteiger partial charge in [0.25, 0.3) is 0 Å². The van der Waals surface area contributed by atoms with Crippen LogP contribution >= 0.6 is 27.5 Å². The van der Waals surface area contributed by atoms with Crippen LogP contribution in [0.25, 0.3) is 0 Å². The van der Waals surface area contributed by atoms with Gasteiger partial charge in [-0.15, -0.1) is 0 Å². The molecule has 19 heavy (non-hydrogen) atoms. The minimum atomic E-state index is 0.665. The summed E-state index contributed by atoms with van der Waals surface area (Å²) in [6.45, 7) is 3.77. The summed E-state index contributed by atoms with van der Waals surface area (Å²) >= 11 is 9.32. The Labute approximate surface area is 126 Å². The molecule has 1 aromatic carbocycles. The average Bonchev–Trinajstić information content (AvgIpc) is 2.40. The molecule has 0 amide bonds. The number of hydrogen-bond donors (Lipinski definition) is 1. The number of nitrogens with one attached hydrogen (secondary N) is 1. The first kappa shape index (κ1) is 14.3. The van der Waals surface area contributed by atoms with E-state index in [1.165, 1.54) is 0 Å². The van der Waals surface area contributed by atoms with E-state index in [-0.39, 0.29) is 0 Å². The fourth-order valence-corrected chi connectivity index (χ4v) is 2.33. The van der Waals surface area contributed by atoms with E-state index in [0.29, 0.717) is 16.5 Å². The highest BCUT2D eigenvalue weighted by Gasteiger charge is 2.04. The van der Waals surface area contributed by atoms with Crippen LogP contribution in [0.5, 0.6) is 11.5 Å². The quantitative estimate of drug-likeness (QED) is 0.875. The monoisotopic (exact) mass is 340 g/mol. The van der Waals surface area contributed by atoms with Gasteiger partial charge in [-0.3, -0.25) is 4.98 Å². The fraction of sp³-hybridized carbons (Fsp3) is 0.214. The Morgan fingerprint density at radius 2 is 2.16 bits per heavy atom. The second-order valence-electron chi connectivity index (χ2n) is 3.99. The molecule has 3 nitrogen and oxygen atoms in total. The smallest absolute Gasteiger partial charge is 0.146 e. The van der Waals surface area contributed by atoms with Crippen molar-refractivity contribution in [1.29, 1.82) is 0 Å². The van der Waals surface area contributed by atoms with Crippen molar-refractivity contribution in [3.8, 4) is 11.5 Å². The van der Waals surface area contributed by atoms with E-state index in [4.69, 9.17) is 16.3 Å². The van der Waals surface area contributed by atoms with Gasteiger partial charge in [0, 0.05) is 17.8 Å². The van der Waals surface area contributed by atoms with Crippen LogP contribution in [0.1, 0.15) is 12.5 Å². The first-order valence-electron chi connectivity index (χ1n) is 5.96. The molecule has 2 aromatic rings. The highest BCUT2D eigenvalue weighted by Crippen LogP contribution is 2.31. The third-order valence-electron chi connectivity index (χ3n) is 2.47. The molecule has 0 unspecified atom stereocenters. The summed E-state index contributed by atoms with van der Waals surface area (Å²) in [6, 6.07) is 7.38. The van der Waals surface area contributed by atoms with Gasteiger partial charge < -0.3 is 10.1 Å². The predicted molar refractivity (Wildman–Crippen MR) is 80.8 cm³/mol. The highest BCUT2D eigenvalue weighted by molar-refractivity contribution is 9.10. The molecule has 100 valence electrons. The van der Waals surface area contributed by atoms with Crippen LogP contribution in [0.4, 0.5) is 0 Å². The van der Waals surface area contributed by atoms with Gasteiger partial charge in [-0.05, 0) is 52.3 Å². The van der Waals surface area contributed by atoms with E-state index in [1.54, 1.807) is 18.3 Å². The van der Waals surface area contributed by atoms with Crippen molar-refractivity contribution >= 4 is 27.5 Å². The van der Waals surface area contributed by atoms with Crippen molar-refractivity contribution in [3.63, 3.8) is 0 Å². The maximum Gasteiger partial charge on any atom is 0.146 e. The molecule has 0 bridgehead atoms. The first-order chi connectivity index (χ1) is 9.19. The minimum absolute atomic E-state index is 0.665. The number of benzene rings is 1. The summed E-state index contributed by atoms with van der Waals surface area (Å²) in [5.74, 6) is 1.42. The van der Waals surface area contributed by atoms with Crippen molar-refractivity contribution in [2.45, 2.75) is 13.5 Å². The van der Waals surface area contributed by atoms with Crippen molar-refractivity contribution in [2.75, 3.05) is 6.54 Å². The molecule has 0 fully saturated rings. The van der Waals surface area contributed by atoms with Gasteiger partial charge in [0.05, 0.1) is 10.7 Å². The molecule has 5 heteroatoms. The summed E-state index contributed by atoms with van der Waals surface area (Å²) in [7, 11) is 0. The number of hydrogen-bond acceptors (Lipinski definition) is 3. The minimum Gasteiger partial charge on any atom is -0.455 e. The van der Waals surface area contributed by atoms with Crippen molar-refractivity contribution in [3.05, 3.63) is 51.7 Å². The lowest BCUT2D eigenvalue weighted by atomic mass is 10.2. The molecule has 0 saturated carbocycles. The Hall–Kier alpha value is -1.10. The third kappa shape index (κ3) is 4.20.